The molecule has 2 heterocycles. The van der Waals surface area contributed by atoms with E-state index in [1.807, 2.05) is 0 Å². The summed E-state index contributed by atoms with van der Waals surface area (Å²) in [7, 11) is -3.59. The van der Waals surface area contributed by atoms with Crippen LogP contribution in [0.5, 0.6) is 0 Å². The average Bonchev–Trinajstić information content (AvgIpc) is 3.73. The van der Waals surface area contributed by atoms with Crippen LogP contribution in [-0.4, -0.2) is 74.1 Å². The average molecular weight is 660 g/mol. The fourth-order valence-corrected chi connectivity index (χ4v) is 7.52. The van der Waals surface area contributed by atoms with Gasteiger partial charge in [0.1, 0.15) is 18.0 Å². The molecule has 1 fully saturated rings. The number of hydrogen-bond acceptors (Lipinski definition) is 8. The van der Waals surface area contributed by atoms with Gasteiger partial charge in [-0.15, -0.1) is 11.3 Å². The molecule has 4 atom stereocenters. The van der Waals surface area contributed by atoms with Crippen LogP contribution in [0.4, 0.5) is 8.78 Å². The maximum absolute atomic E-state index is 13.3. The van der Waals surface area contributed by atoms with E-state index in [0.29, 0.717) is 27.8 Å². The number of rotatable bonds is 10. The van der Waals surface area contributed by atoms with Crippen molar-refractivity contribution >= 4 is 44.7 Å². The number of ether oxygens (including phenoxy) is 1. The van der Waals surface area contributed by atoms with E-state index < -0.39 is 64.2 Å². The van der Waals surface area contributed by atoms with E-state index in [2.05, 4.69) is 10.6 Å². The highest BCUT2D eigenvalue weighted by Crippen LogP contribution is 2.46. The van der Waals surface area contributed by atoms with Crippen LogP contribution in [0.2, 0.25) is 0 Å². The number of likely N-dealkylation sites (tertiary alicyclic amines) is 1. The van der Waals surface area contributed by atoms with Crippen molar-refractivity contribution in [2.75, 3.05) is 19.3 Å². The van der Waals surface area contributed by atoms with Crippen LogP contribution >= 0.6 is 11.3 Å². The summed E-state index contributed by atoms with van der Waals surface area (Å²) in [5, 5.41) is 13.6. The summed E-state index contributed by atoms with van der Waals surface area (Å²) in [6.07, 6.45) is -0.0514. The Morgan fingerprint density at radius 2 is 1.82 bits per heavy atom. The second-order valence-corrected chi connectivity index (χ2v) is 14.2. The molecule has 3 aromatic rings. The van der Waals surface area contributed by atoms with E-state index in [-0.39, 0.29) is 24.4 Å². The highest BCUT2D eigenvalue weighted by Gasteiger charge is 2.43. The summed E-state index contributed by atoms with van der Waals surface area (Å²) in [6, 6.07) is 11.5. The summed E-state index contributed by atoms with van der Waals surface area (Å²) in [6.45, 7) is -2.00. The fraction of sp³-hybridized carbons (Fsp3) is 0.333. The second-order valence-electron chi connectivity index (χ2n) is 11.0. The van der Waals surface area contributed by atoms with Crippen molar-refractivity contribution in [3.8, 4) is 11.1 Å². The van der Waals surface area contributed by atoms with Crippen LogP contribution in [0, 0.1) is 5.41 Å². The van der Waals surface area contributed by atoms with Crippen molar-refractivity contribution in [1.82, 2.24) is 15.5 Å². The van der Waals surface area contributed by atoms with Crippen molar-refractivity contribution in [3.63, 3.8) is 0 Å². The van der Waals surface area contributed by atoms with Crippen molar-refractivity contribution in [3.05, 3.63) is 81.0 Å². The van der Waals surface area contributed by atoms with E-state index in [9.17, 15) is 31.6 Å². The first-order chi connectivity index (χ1) is 21.2. The Morgan fingerprint density at radius 3 is 2.49 bits per heavy atom. The number of alkyl halides is 2. The number of hydrogen-bond donors (Lipinski definition) is 4. The lowest BCUT2D eigenvalue weighted by atomic mass is 10.0. The number of nitrogens with zero attached hydrogens (tertiary/aromatic N) is 1. The molecule has 2 aliphatic rings. The molecule has 0 spiro atoms. The van der Waals surface area contributed by atoms with Gasteiger partial charge in [0.05, 0.1) is 17.8 Å². The Labute approximate surface area is 262 Å². The quantitative estimate of drug-likeness (QED) is 0.191. The predicted molar refractivity (Wildman–Crippen MR) is 164 cm³/mol. The van der Waals surface area contributed by atoms with E-state index in [1.54, 1.807) is 42.6 Å². The Balaban J connectivity index is 1.28. The third kappa shape index (κ3) is 6.74. The summed E-state index contributed by atoms with van der Waals surface area (Å²) >= 11 is 1.30. The number of nitrogens with two attached hydrogens (primary N) is 1. The number of thiophene rings is 1. The number of nitrogen functional groups attached to an aromatic ring is 1. The van der Waals surface area contributed by atoms with Gasteiger partial charge < -0.3 is 26.0 Å². The van der Waals surface area contributed by atoms with Crippen molar-refractivity contribution in [2.45, 2.75) is 43.4 Å². The molecule has 45 heavy (non-hydrogen) atoms. The molecule has 0 saturated carbocycles. The van der Waals surface area contributed by atoms with Crippen molar-refractivity contribution in [2.24, 2.45) is 5.73 Å². The number of benzene rings is 2. The van der Waals surface area contributed by atoms with Gasteiger partial charge >= 0.3 is 6.61 Å². The topological polar surface area (TPSA) is 172 Å². The number of carbonyl (C=O) groups excluding carboxylic acids is 3. The summed E-state index contributed by atoms with van der Waals surface area (Å²) in [4.78, 5) is 41.6. The monoisotopic (exact) mass is 659 g/mol. The molecular formula is C30H31F2N5O6S2. The standard InChI is InChI=1S/C30H31F2N5O6S2/c1-15(24-10-17(14-44-24)27(33)34)36-29(40)23-11-18(45(2,41)42)13-37(23)25(38)12-35-28(39)16-7-8-21-22(9-16)19-5-3-4-6-20(19)26(21)43-30(31)32/h3-10,14-15,18,23,26,30H,11-13H2,1-2H3,(H3,33,34)(H,35,39)(H,36,40)/t15-,18-,23+,26?/m1/s1. The lowest BCUT2D eigenvalue weighted by Gasteiger charge is -2.25. The predicted octanol–water partition coefficient (Wildman–Crippen LogP) is 2.96. The van der Waals surface area contributed by atoms with Crippen LogP contribution in [0.1, 0.15) is 57.4 Å². The minimum Gasteiger partial charge on any atom is -0.384 e. The molecule has 11 nitrogen and oxygen atoms in total. The number of carbonyl (C=O) groups is 3. The lowest BCUT2D eigenvalue weighted by molar-refractivity contribution is -0.152. The number of amides is 3. The van der Waals surface area contributed by atoms with Gasteiger partial charge in [-0.1, -0.05) is 30.3 Å². The van der Waals surface area contributed by atoms with E-state index >= 15 is 0 Å². The molecule has 1 aromatic heterocycles. The smallest absolute Gasteiger partial charge is 0.346 e. The molecule has 3 amide bonds. The number of sulfone groups is 1. The zero-order chi connectivity index (χ0) is 32.6. The van der Waals surface area contributed by atoms with Crippen LogP contribution in [0.15, 0.2) is 53.9 Å². The Morgan fingerprint density at radius 1 is 1.11 bits per heavy atom. The highest BCUT2D eigenvalue weighted by atomic mass is 32.2. The summed E-state index contributed by atoms with van der Waals surface area (Å²) in [5.74, 6) is -1.93. The molecule has 1 aliphatic carbocycles. The molecule has 238 valence electrons. The third-order valence-electron chi connectivity index (χ3n) is 7.98. The zero-order valence-electron chi connectivity index (χ0n) is 24.3. The maximum atomic E-state index is 13.3. The number of nitrogens with one attached hydrogen (secondary N) is 3. The second kappa shape index (κ2) is 12.7. The van der Waals surface area contributed by atoms with E-state index in [0.717, 1.165) is 16.0 Å². The zero-order valence-corrected chi connectivity index (χ0v) is 25.9. The van der Waals surface area contributed by atoms with Gasteiger partial charge in [-0.3, -0.25) is 19.8 Å². The molecule has 0 radical (unpaired) electrons. The Hall–Kier alpha value is -4.21. The van der Waals surface area contributed by atoms with Gasteiger partial charge in [0.15, 0.2) is 9.84 Å². The van der Waals surface area contributed by atoms with Gasteiger partial charge in [-0.05, 0) is 53.8 Å². The maximum Gasteiger partial charge on any atom is 0.346 e. The highest BCUT2D eigenvalue weighted by molar-refractivity contribution is 7.91. The minimum absolute atomic E-state index is 0.105. The third-order valence-corrected chi connectivity index (χ3v) is 10.6. The molecule has 5 N–H and O–H groups in total. The van der Waals surface area contributed by atoms with Gasteiger partial charge in [0, 0.05) is 34.2 Å². The number of halogens is 2. The van der Waals surface area contributed by atoms with Gasteiger partial charge in [-0.25, -0.2) is 8.42 Å². The molecule has 2 aromatic carbocycles. The normalized spacial score (nSPS) is 19.6. The first kappa shape index (κ1) is 32.2. The molecule has 15 heteroatoms. The fourth-order valence-electron chi connectivity index (χ4n) is 5.64. The van der Waals surface area contributed by atoms with Crippen LogP contribution in [-0.2, 0) is 24.2 Å². The van der Waals surface area contributed by atoms with Crippen LogP contribution in [0.25, 0.3) is 11.1 Å². The number of amidine groups is 1. The Kier molecular flexibility index (Phi) is 9.05. The van der Waals surface area contributed by atoms with Crippen LogP contribution in [0.3, 0.4) is 0 Å². The first-order valence-corrected chi connectivity index (χ1v) is 16.7. The van der Waals surface area contributed by atoms with E-state index in [4.69, 9.17) is 15.9 Å². The molecule has 1 unspecified atom stereocenters. The molecule has 0 bridgehead atoms. The summed E-state index contributed by atoms with van der Waals surface area (Å²) in [5.41, 5.74) is 8.45. The summed E-state index contributed by atoms with van der Waals surface area (Å²) < 4.78 is 55.9. The Bertz CT molecular complexity index is 1780. The lowest BCUT2D eigenvalue weighted by Crippen LogP contribution is -2.49. The molecular weight excluding hydrogens is 628 g/mol. The van der Waals surface area contributed by atoms with Crippen molar-refractivity contribution in [1.29, 1.82) is 5.41 Å². The van der Waals surface area contributed by atoms with Crippen molar-refractivity contribution < 1.29 is 36.3 Å². The minimum atomic E-state index is -3.59. The first-order valence-electron chi connectivity index (χ1n) is 13.9. The van der Waals surface area contributed by atoms with Crippen LogP contribution < -0.4 is 16.4 Å². The van der Waals surface area contributed by atoms with Gasteiger partial charge in [0.25, 0.3) is 5.91 Å². The van der Waals surface area contributed by atoms with E-state index in [1.165, 1.54) is 29.5 Å². The molecule has 5 rings (SSSR count). The molecule has 1 saturated heterocycles. The largest absolute Gasteiger partial charge is 0.384 e. The number of fused-ring (bicyclic) bond motifs is 3. The van der Waals surface area contributed by atoms with Gasteiger partial charge in [0.2, 0.25) is 11.8 Å². The van der Waals surface area contributed by atoms with Gasteiger partial charge in [-0.2, -0.15) is 8.78 Å². The SMILES string of the molecule is C[C@@H](NC(=O)[C@@H]1C[C@@H](S(C)(=O)=O)CN1C(=O)CNC(=O)c1ccc2c(c1)-c1ccccc1C2OC(F)F)c1cc(C(=N)N)cs1. The molecule has 1 aliphatic heterocycles.